The maximum absolute atomic E-state index is 13.1. The van der Waals surface area contributed by atoms with Gasteiger partial charge in [-0.15, -0.1) is 11.3 Å². The number of quaternary nitrogens is 1. The second-order valence-electron chi connectivity index (χ2n) is 9.16. The van der Waals surface area contributed by atoms with E-state index in [1.165, 1.54) is 11.3 Å². The molecule has 3 aliphatic rings. The molecule has 3 atom stereocenters. The average Bonchev–Trinajstić information content (AvgIpc) is 3.31. The summed E-state index contributed by atoms with van der Waals surface area (Å²) in [7, 11) is 0. The first kappa shape index (κ1) is 20.5. The van der Waals surface area contributed by atoms with Crippen molar-refractivity contribution >= 4 is 28.8 Å². The van der Waals surface area contributed by atoms with Crippen LogP contribution in [0.4, 0.5) is 5.69 Å². The van der Waals surface area contributed by atoms with E-state index in [1.807, 2.05) is 27.0 Å². The maximum Gasteiger partial charge on any atom is 0.274 e. The van der Waals surface area contributed by atoms with Gasteiger partial charge in [0.2, 0.25) is 5.91 Å². The molecule has 2 aromatic heterocycles. The molecule has 2 saturated heterocycles. The van der Waals surface area contributed by atoms with Crippen LogP contribution in [0.2, 0.25) is 0 Å². The lowest BCUT2D eigenvalue weighted by Crippen LogP contribution is -3.18. The van der Waals surface area contributed by atoms with Crippen LogP contribution in [0.1, 0.15) is 47.5 Å². The normalized spacial score (nSPS) is 25.7. The number of likely N-dealkylation sites (tertiary alicyclic amines) is 2. The van der Waals surface area contributed by atoms with Gasteiger partial charge in [0.1, 0.15) is 5.69 Å². The van der Waals surface area contributed by atoms with Crippen LogP contribution in [-0.4, -0.2) is 53.5 Å². The molecule has 7 nitrogen and oxygen atoms in total. The molecule has 0 saturated carbocycles. The number of amides is 2. The molecule has 2 fully saturated rings. The van der Waals surface area contributed by atoms with Gasteiger partial charge in [0.05, 0.1) is 24.0 Å². The molecule has 0 radical (unpaired) electrons. The Morgan fingerprint density at radius 1 is 1.16 bits per heavy atom. The number of piperidine rings is 2. The van der Waals surface area contributed by atoms with E-state index >= 15 is 0 Å². The van der Waals surface area contributed by atoms with Crippen LogP contribution in [0.15, 0.2) is 34.4 Å². The summed E-state index contributed by atoms with van der Waals surface area (Å²) < 4.78 is 1.90. The van der Waals surface area contributed by atoms with E-state index in [-0.39, 0.29) is 17.4 Å². The second-order valence-corrected chi connectivity index (χ2v) is 10.1. The molecule has 0 spiro atoms. The number of aromatic nitrogens is 1. The Morgan fingerprint density at radius 3 is 2.68 bits per heavy atom. The predicted octanol–water partition coefficient (Wildman–Crippen LogP) is 1.18. The second kappa shape index (κ2) is 8.24. The smallest absolute Gasteiger partial charge is 0.274 e. The minimum Gasteiger partial charge on any atom is -0.342 e. The first-order chi connectivity index (χ1) is 15.0. The van der Waals surface area contributed by atoms with Crippen molar-refractivity contribution in [2.45, 2.75) is 44.7 Å². The summed E-state index contributed by atoms with van der Waals surface area (Å²) in [5.74, 6) is 0.812. The molecular formula is C23H29N4O3S+. The first-order valence-corrected chi connectivity index (χ1v) is 12.1. The number of anilines is 1. The standard InChI is InChI=1S/C23H28N4O3S/c1-15(28)25-8-6-18(7-9-25)26-12-16-11-17(14-26)20-5-4-19(23(30)27(20)13-16)24-22(29)21-3-2-10-31-21/h2-5,10,16-18H,6-9,11-14H2,1H3,(H,24,29)/p+1/t16-,17+/m0/s1. The van der Waals surface area contributed by atoms with Crippen LogP contribution in [-0.2, 0) is 11.3 Å². The molecule has 2 amide bonds. The van der Waals surface area contributed by atoms with E-state index in [9.17, 15) is 14.4 Å². The van der Waals surface area contributed by atoms with Gasteiger partial charge in [0, 0.05) is 56.9 Å². The molecule has 2 N–H and O–H groups in total. The fourth-order valence-electron chi connectivity index (χ4n) is 5.72. The lowest BCUT2D eigenvalue weighted by molar-refractivity contribution is -0.937. The fourth-order valence-corrected chi connectivity index (χ4v) is 6.34. The number of fused-ring (bicyclic) bond motifs is 4. The molecular weight excluding hydrogens is 412 g/mol. The average molecular weight is 442 g/mol. The summed E-state index contributed by atoms with van der Waals surface area (Å²) in [6.45, 7) is 6.23. The number of pyridine rings is 1. The Balaban J connectivity index is 1.31. The lowest BCUT2D eigenvalue weighted by Gasteiger charge is -2.45. The highest BCUT2D eigenvalue weighted by molar-refractivity contribution is 7.12. The van der Waals surface area contributed by atoms with Gasteiger partial charge in [0.25, 0.3) is 11.5 Å². The molecule has 3 aliphatic heterocycles. The number of hydrogen-bond donors (Lipinski definition) is 2. The van der Waals surface area contributed by atoms with Crippen LogP contribution in [0, 0.1) is 5.92 Å². The molecule has 164 valence electrons. The van der Waals surface area contributed by atoms with Crippen molar-refractivity contribution in [3.8, 4) is 0 Å². The van der Waals surface area contributed by atoms with Crippen molar-refractivity contribution in [2.75, 3.05) is 31.5 Å². The van der Waals surface area contributed by atoms with Gasteiger partial charge in [-0.05, 0) is 30.0 Å². The number of thiophene rings is 1. The lowest BCUT2D eigenvalue weighted by atomic mass is 9.82. The molecule has 5 rings (SSSR count). The number of carbonyl (C=O) groups excluding carboxylic acids is 2. The van der Waals surface area contributed by atoms with Gasteiger partial charge in [0.15, 0.2) is 0 Å². The molecule has 2 aromatic rings. The first-order valence-electron chi connectivity index (χ1n) is 11.2. The summed E-state index contributed by atoms with van der Waals surface area (Å²) in [6.07, 6.45) is 3.26. The molecule has 5 heterocycles. The van der Waals surface area contributed by atoms with E-state index in [4.69, 9.17) is 0 Å². The molecule has 31 heavy (non-hydrogen) atoms. The minimum atomic E-state index is -0.226. The summed E-state index contributed by atoms with van der Waals surface area (Å²) in [6, 6.07) is 8.01. The van der Waals surface area contributed by atoms with Gasteiger partial charge < -0.3 is 19.7 Å². The largest absolute Gasteiger partial charge is 0.342 e. The molecule has 0 aromatic carbocycles. The quantitative estimate of drug-likeness (QED) is 0.751. The number of nitrogens with zero attached hydrogens (tertiary/aromatic N) is 2. The van der Waals surface area contributed by atoms with E-state index in [0.717, 1.165) is 57.7 Å². The highest BCUT2D eigenvalue weighted by Gasteiger charge is 2.41. The molecule has 1 unspecified atom stereocenters. The third-order valence-corrected chi connectivity index (χ3v) is 8.12. The number of rotatable bonds is 3. The van der Waals surface area contributed by atoms with Crippen molar-refractivity contribution in [1.82, 2.24) is 9.47 Å². The summed E-state index contributed by atoms with van der Waals surface area (Å²) in [5, 5.41) is 4.66. The number of hydrogen-bond acceptors (Lipinski definition) is 4. The summed E-state index contributed by atoms with van der Waals surface area (Å²) >= 11 is 1.37. The minimum absolute atomic E-state index is 0.0877. The topological polar surface area (TPSA) is 75.8 Å². The third-order valence-electron chi connectivity index (χ3n) is 7.26. The number of nitrogens with one attached hydrogen (secondary N) is 2. The van der Waals surface area contributed by atoms with E-state index < -0.39 is 0 Å². The summed E-state index contributed by atoms with van der Waals surface area (Å²) in [4.78, 5) is 41.4. The third kappa shape index (κ3) is 3.94. The zero-order valence-electron chi connectivity index (χ0n) is 17.8. The SMILES string of the molecule is CC(=O)N1CCC([NH+]2C[C@@H]3C[C@H](C2)c2ccc(NC(=O)c4cccs4)c(=O)n2C3)CC1. The number of carbonyl (C=O) groups is 2. The monoisotopic (exact) mass is 441 g/mol. The van der Waals surface area contributed by atoms with Gasteiger partial charge >= 0.3 is 0 Å². The van der Waals surface area contributed by atoms with Gasteiger partial charge in [-0.3, -0.25) is 14.4 Å². The Morgan fingerprint density at radius 2 is 1.97 bits per heavy atom. The van der Waals surface area contributed by atoms with Crippen molar-refractivity contribution in [1.29, 1.82) is 0 Å². The van der Waals surface area contributed by atoms with Crippen LogP contribution in [0.5, 0.6) is 0 Å². The van der Waals surface area contributed by atoms with Gasteiger partial charge in [-0.2, -0.15) is 0 Å². The Labute approximate surface area is 185 Å². The van der Waals surface area contributed by atoms with E-state index in [2.05, 4.69) is 5.32 Å². The van der Waals surface area contributed by atoms with Crippen LogP contribution in [0.25, 0.3) is 0 Å². The molecule has 8 heteroatoms. The van der Waals surface area contributed by atoms with E-state index in [1.54, 1.807) is 24.0 Å². The van der Waals surface area contributed by atoms with Crippen molar-refractivity contribution < 1.29 is 14.5 Å². The van der Waals surface area contributed by atoms with Crippen LogP contribution in [0.3, 0.4) is 0 Å². The fraction of sp³-hybridized carbons (Fsp3) is 0.522. The predicted molar refractivity (Wildman–Crippen MR) is 120 cm³/mol. The van der Waals surface area contributed by atoms with Crippen LogP contribution < -0.4 is 15.8 Å². The van der Waals surface area contributed by atoms with Crippen molar-refractivity contribution in [3.63, 3.8) is 0 Å². The maximum atomic E-state index is 13.1. The molecule has 0 aliphatic carbocycles. The van der Waals surface area contributed by atoms with E-state index in [0.29, 0.717) is 28.4 Å². The van der Waals surface area contributed by atoms with Gasteiger partial charge in [-0.25, -0.2) is 0 Å². The zero-order valence-corrected chi connectivity index (χ0v) is 18.6. The Hall–Kier alpha value is -2.45. The molecule has 2 bridgehead atoms. The zero-order chi connectivity index (χ0) is 21.5. The van der Waals surface area contributed by atoms with Crippen molar-refractivity contribution in [3.05, 3.63) is 50.6 Å². The Kier molecular flexibility index (Phi) is 5.44. The van der Waals surface area contributed by atoms with Crippen molar-refractivity contribution in [2.24, 2.45) is 5.92 Å². The van der Waals surface area contributed by atoms with Gasteiger partial charge in [-0.1, -0.05) is 6.07 Å². The highest BCUT2D eigenvalue weighted by Crippen LogP contribution is 2.31. The van der Waals surface area contributed by atoms with Crippen LogP contribution >= 0.6 is 11.3 Å². The highest BCUT2D eigenvalue weighted by atomic mass is 32.1. The Bertz CT molecular complexity index is 1040. The summed E-state index contributed by atoms with van der Waals surface area (Å²) in [5.41, 5.74) is 1.38.